The molecule has 1 unspecified atom stereocenters. The van der Waals surface area contributed by atoms with Gasteiger partial charge in [0, 0.05) is 5.41 Å². The van der Waals surface area contributed by atoms with E-state index in [9.17, 15) is 18.0 Å². The summed E-state index contributed by atoms with van der Waals surface area (Å²) in [6, 6.07) is 23.2. The largest absolute Gasteiger partial charge is 0.456 e. The molecule has 1 spiro atoms. The second-order valence-electron chi connectivity index (χ2n) is 9.66. The molecule has 4 nitrogen and oxygen atoms in total. The molecule has 0 aromatic heterocycles. The summed E-state index contributed by atoms with van der Waals surface area (Å²) in [7, 11) is 0. The summed E-state index contributed by atoms with van der Waals surface area (Å²) in [5.41, 5.74) is 0.924. The van der Waals surface area contributed by atoms with Crippen LogP contribution in [-0.4, -0.2) is 30.5 Å². The Morgan fingerprint density at radius 1 is 1.00 bits per heavy atom. The highest BCUT2D eigenvalue weighted by Crippen LogP contribution is 2.61. The van der Waals surface area contributed by atoms with Gasteiger partial charge in [0.2, 0.25) is 0 Å². The Kier molecular flexibility index (Phi) is 5.19. The highest BCUT2D eigenvalue weighted by atomic mass is 19.4. The zero-order valence-electron chi connectivity index (χ0n) is 19.0. The predicted octanol–water partition coefficient (Wildman–Crippen LogP) is 6.34. The van der Waals surface area contributed by atoms with E-state index in [-0.39, 0.29) is 0 Å². The number of hydrazone groups is 1. The number of ether oxygens (including phenoxy) is 1. The lowest BCUT2D eigenvalue weighted by Gasteiger charge is -2.39. The van der Waals surface area contributed by atoms with Gasteiger partial charge >= 0.3 is 12.1 Å². The number of esters is 1. The van der Waals surface area contributed by atoms with Crippen molar-refractivity contribution in [2.24, 2.45) is 15.9 Å². The summed E-state index contributed by atoms with van der Waals surface area (Å²) in [5, 5.41) is 9.02. The van der Waals surface area contributed by atoms with Gasteiger partial charge in [0.15, 0.2) is 6.61 Å². The van der Waals surface area contributed by atoms with Gasteiger partial charge in [-0.15, -0.1) is 0 Å². The molecule has 1 saturated carbocycles. The molecule has 3 aromatic carbocycles. The maximum absolute atomic E-state index is 13.0. The van der Waals surface area contributed by atoms with Gasteiger partial charge in [-0.05, 0) is 61.2 Å². The van der Waals surface area contributed by atoms with Crippen molar-refractivity contribution in [3.63, 3.8) is 0 Å². The molecule has 34 heavy (non-hydrogen) atoms. The minimum absolute atomic E-state index is 0.445. The van der Waals surface area contributed by atoms with Crippen LogP contribution in [0.2, 0.25) is 0 Å². The fraction of sp³-hybridized carbons (Fsp3) is 0.333. The number of alkyl halides is 3. The highest BCUT2D eigenvalue weighted by Gasteiger charge is 2.66. The van der Waals surface area contributed by atoms with Gasteiger partial charge in [-0.2, -0.15) is 18.3 Å². The topological polar surface area (TPSA) is 41.9 Å². The predicted molar refractivity (Wildman–Crippen MR) is 126 cm³/mol. The molecule has 5 rings (SSSR count). The SMILES string of the molecule is CC(C)(C(=O)OCC(F)(F)F)C1N(c2ccccc2)N=C(c2ccc3ccccc3c2)C12CC2. The van der Waals surface area contributed by atoms with Crippen LogP contribution >= 0.6 is 0 Å². The number of nitrogens with zero attached hydrogens (tertiary/aromatic N) is 2. The fourth-order valence-electron chi connectivity index (χ4n) is 5.18. The van der Waals surface area contributed by atoms with Crippen molar-refractivity contribution >= 4 is 28.1 Å². The number of para-hydroxylation sites is 1. The number of carbonyl (C=O) groups excluding carboxylic acids is 1. The van der Waals surface area contributed by atoms with E-state index in [2.05, 4.69) is 6.07 Å². The third-order valence-electron chi connectivity index (χ3n) is 6.86. The normalized spacial score (nSPS) is 19.4. The Morgan fingerprint density at radius 3 is 2.29 bits per heavy atom. The second kappa shape index (κ2) is 7.86. The molecular formula is C27H25F3N2O2. The standard InChI is InChI=1S/C27H25F3N2O2/c1-25(2,24(33)34-17-27(28,29)30)23-26(14-15-26)22(31-32(23)21-10-4-3-5-11-21)20-13-12-18-8-6-7-9-19(18)16-20/h3-13,16,23H,14-15,17H2,1-2H3. The number of halogens is 3. The summed E-state index contributed by atoms with van der Waals surface area (Å²) in [5.74, 6) is -0.878. The monoisotopic (exact) mass is 466 g/mol. The summed E-state index contributed by atoms with van der Waals surface area (Å²) in [6.45, 7) is 1.72. The van der Waals surface area contributed by atoms with Crippen LogP contribution in [0.15, 0.2) is 77.9 Å². The molecule has 1 heterocycles. The van der Waals surface area contributed by atoms with Crippen molar-refractivity contribution in [3.8, 4) is 0 Å². The first-order valence-electron chi connectivity index (χ1n) is 11.3. The lowest BCUT2D eigenvalue weighted by Crippen LogP contribution is -2.51. The molecule has 1 fully saturated rings. The number of carbonyl (C=O) groups is 1. The van der Waals surface area contributed by atoms with Crippen molar-refractivity contribution in [3.05, 3.63) is 78.4 Å². The smallest absolute Gasteiger partial charge is 0.422 e. The third kappa shape index (κ3) is 3.83. The highest BCUT2D eigenvalue weighted by molar-refractivity contribution is 6.11. The summed E-state index contributed by atoms with van der Waals surface area (Å²) >= 11 is 0. The van der Waals surface area contributed by atoms with Crippen LogP contribution in [0.4, 0.5) is 18.9 Å². The molecule has 1 aliphatic carbocycles. The van der Waals surface area contributed by atoms with Crippen molar-refractivity contribution in [1.29, 1.82) is 0 Å². The number of benzene rings is 3. The molecule has 2 aliphatic rings. The van der Waals surface area contributed by atoms with E-state index in [1.165, 1.54) is 0 Å². The van der Waals surface area contributed by atoms with Gasteiger partial charge in [-0.25, -0.2) is 0 Å². The van der Waals surface area contributed by atoms with E-state index in [4.69, 9.17) is 9.84 Å². The number of hydrogen-bond acceptors (Lipinski definition) is 4. The van der Waals surface area contributed by atoms with Crippen LogP contribution in [0.3, 0.4) is 0 Å². The molecule has 0 amide bonds. The van der Waals surface area contributed by atoms with Gasteiger partial charge in [0.05, 0.1) is 22.9 Å². The molecule has 1 aliphatic heterocycles. The molecule has 0 bridgehead atoms. The minimum atomic E-state index is -4.58. The fourth-order valence-corrected chi connectivity index (χ4v) is 5.18. The molecule has 3 aromatic rings. The summed E-state index contributed by atoms with van der Waals surface area (Å²) in [4.78, 5) is 13.0. The Balaban J connectivity index is 1.58. The van der Waals surface area contributed by atoms with E-state index in [0.29, 0.717) is 0 Å². The molecule has 7 heteroatoms. The Hall–Kier alpha value is -3.35. The molecular weight excluding hydrogens is 441 g/mol. The van der Waals surface area contributed by atoms with Gasteiger partial charge in [-0.1, -0.05) is 54.6 Å². The minimum Gasteiger partial charge on any atom is -0.456 e. The molecule has 0 N–H and O–H groups in total. The molecule has 1 atom stereocenters. The Morgan fingerprint density at radius 2 is 1.65 bits per heavy atom. The van der Waals surface area contributed by atoms with E-state index >= 15 is 0 Å². The maximum atomic E-state index is 13.0. The van der Waals surface area contributed by atoms with Crippen molar-refractivity contribution in [2.45, 2.75) is 38.9 Å². The molecule has 176 valence electrons. The van der Waals surface area contributed by atoms with Gasteiger partial charge in [0.25, 0.3) is 0 Å². The number of hydrogen-bond donors (Lipinski definition) is 0. The third-order valence-corrected chi connectivity index (χ3v) is 6.86. The number of rotatable bonds is 5. The van der Waals surface area contributed by atoms with E-state index in [0.717, 1.165) is 40.6 Å². The summed E-state index contributed by atoms with van der Waals surface area (Å²) in [6.07, 6.45) is -2.99. The summed E-state index contributed by atoms with van der Waals surface area (Å²) < 4.78 is 43.1. The van der Waals surface area contributed by atoms with Crippen LogP contribution in [0.5, 0.6) is 0 Å². The zero-order chi connectivity index (χ0) is 24.1. The first-order chi connectivity index (χ1) is 16.1. The van der Waals surface area contributed by atoms with Crippen LogP contribution < -0.4 is 5.01 Å². The van der Waals surface area contributed by atoms with Gasteiger partial charge < -0.3 is 4.74 Å². The van der Waals surface area contributed by atoms with Crippen LogP contribution in [-0.2, 0) is 9.53 Å². The van der Waals surface area contributed by atoms with Gasteiger partial charge in [0.1, 0.15) is 0 Å². The average molecular weight is 467 g/mol. The van der Waals surface area contributed by atoms with E-state index < -0.39 is 35.6 Å². The number of anilines is 1. The van der Waals surface area contributed by atoms with Crippen LogP contribution in [0.1, 0.15) is 32.3 Å². The maximum Gasteiger partial charge on any atom is 0.422 e. The first kappa shape index (κ1) is 22.4. The Labute approximate surface area is 196 Å². The Bertz CT molecular complexity index is 1260. The number of fused-ring (bicyclic) bond motifs is 1. The molecule has 0 saturated heterocycles. The average Bonchev–Trinajstić information content (AvgIpc) is 3.51. The van der Waals surface area contributed by atoms with E-state index in [1.54, 1.807) is 13.8 Å². The van der Waals surface area contributed by atoms with Crippen molar-refractivity contribution in [2.75, 3.05) is 11.6 Å². The van der Waals surface area contributed by atoms with Gasteiger partial charge in [-0.3, -0.25) is 9.80 Å². The van der Waals surface area contributed by atoms with Crippen molar-refractivity contribution < 1.29 is 22.7 Å². The van der Waals surface area contributed by atoms with E-state index in [1.807, 2.05) is 71.7 Å². The quantitative estimate of drug-likeness (QED) is 0.412. The van der Waals surface area contributed by atoms with Crippen molar-refractivity contribution in [1.82, 2.24) is 0 Å². The molecule has 0 radical (unpaired) electrons. The lowest BCUT2D eigenvalue weighted by molar-refractivity contribution is -0.193. The first-order valence-corrected chi connectivity index (χ1v) is 11.3. The van der Waals surface area contributed by atoms with Crippen LogP contribution in [0.25, 0.3) is 10.8 Å². The lowest BCUT2D eigenvalue weighted by atomic mass is 9.72. The second-order valence-corrected chi connectivity index (χ2v) is 9.66. The zero-order valence-corrected chi connectivity index (χ0v) is 19.0. The van der Waals surface area contributed by atoms with Crippen LogP contribution in [0, 0.1) is 10.8 Å².